The summed E-state index contributed by atoms with van der Waals surface area (Å²) in [5.74, 6) is 1.48. The van der Waals surface area contributed by atoms with Crippen molar-refractivity contribution in [3.8, 4) is 28.6 Å². The van der Waals surface area contributed by atoms with Gasteiger partial charge in [-0.2, -0.15) is 13.9 Å². The van der Waals surface area contributed by atoms with Gasteiger partial charge in [-0.15, -0.1) is 0 Å². The summed E-state index contributed by atoms with van der Waals surface area (Å²) >= 11 is 0. The van der Waals surface area contributed by atoms with Crippen LogP contribution in [0.4, 0.5) is 8.78 Å². The van der Waals surface area contributed by atoms with Crippen molar-refractivity contribution in [1.82, 2.24) is 24.3 Å². The maximum atomic E-state index is 12.7. The third-order valence-electron chi connectivity index (χ3n) is 4.14. The highest BCUT2D eigenvalue weighted by atomic mass is 19.3. The van der Waals surface area contributed by atoms with Crippen molar-refractivity contribution in [2.45, 2.75) is 6.54 Å². The first kappa shape index (κ1) is 17.8. The Morgan fingerprint density at radius 1 is 1.18 bits per heavy atom. The number of rotatable bonds is 5. The minimum atomic E-state index is -1.92. The van der Waals surface area contributed by atoms with Crippen molar-refractivity contribution in [2.24, 2.45) is 5.73 Å². The summed E-state index contributed by atoms with van der Waals surface area (Å²) in [4.78, 5) is 20.9. The molecule has 0 spiro atoms. The Bertz CT molecular complexity index is 1100. The lowest BCUT2D eigenvalue weighted by Crippen LogP contribution is -2.26. The minimum absolute atomic E-state index is 0.170. The average molecular weight is 388 g/mol. The molecule has 2 N–H and O–H groups in total. The molecule has 2 aromatic heterocycles. The molecule has 1 aromatic carbocycles. The van der Waals surface area contributed by atoms with Gasteiger partial charge in [0.25, 0.3) is 6.08 Å². The summed E-state index contributed by atoms with van der Waals surface area (Å²) in [6, 6.07) is 5.37. The highest BCUT2D eigenvalue weighted by molar-refractivity contribution is 5.63. The van der Waals surface area contributed by atoms with E-state index in [0.717, 1.165) is 14.8 Å². The molecule has 3 heterocycles. The first-order valence-corrected chi connectivity index (χ1v) is 8.17. The predicted octanol–water partition coefficient (Wildman–Crippen LogP) is 1.33. The number of hydrogen-bond acceptors (Lipinski definition) is 7. The van der Waals surface area contributed by atoms with Gasteiger partial charge < -0.3 is 15.2 Å². The van der Waals surface area contributed by atoms with Gasteiger partial charge in [0.1, 0.15) is 6.33 Å². The molecule has 1 aliphatic rings. The Labute approximate surface area is 156 Å². The molecule has 0 radical (unpaired) electrons. The van der Waals surface area contributed by atoms with E-state index in [4.69, 9.17) is 15.2 Å². The number of ether oxygens (including phenoxy) is 2. The van der Waals surface area contributed by atoms with E-state index < -0.39 is 18.3 Å². The van der Waals surface area contributed by atoms with E-state index in [1.54, 1.807) is 12.1 Å². The molecular weight excluding hydrogens is 374 g/mol. The van der Waals surface area contributed by atoms with Gasteiger partial charge in [-0.3, -0.25) is 4.98 Å². The molecule has 3 aromatic rings. The van der Waals surface area contributed by atoms with Crippen molar-refractivity contribution < 1.29 is 18.3 Å². The molecule has 0 unspecified atom stereocenters. The van der Waals surface area contributed by atoms with Crippen molar-refractivity contribution in [1.29, 1.82) is 0 Å². The van der Waals surface area contributed by atoms with Crippen LogP contribution in [-0.2, 0) is 6.54 Å². The van der Waals surface area contributed by atoms with Crippen LogP contribution < -0.4 is 20.9 Å². The van der Waals surface area contributed by atoms with Crippen LogP contribution in [0.15, 0.2) is 53.4 Å². The van der Waals surface area contributed by atoms with E-state index in [1.807, 2.05) is 6.07 Å². The van der Waals surface area contributed by atoms with Crippen LogP contribution in [0.5, 0.6) is 11.5 Å². The highest BCUT2D eigenvalue weighted by Gasteiger charge is 2.15. The molecule has 4 rings (SSSR count). The van der Waals surface area contributed by atoms with Crippen LogP contribution in [-0.4, -0.2) is 37.7 Å². The number of halogens is 2. The summed E-state index contributed by atoms with van der Waals surface area (Å²) < 4.78 is 38.1. The van der Waals surface area contributed by atoms with Gasteiger partial charge in [-0.25, -0.2) is 19.0 Å². The highest BCUT2D eigenvalue weighted by Crippen LogP contribution is 2.35. The van der Waals surface area contributed by atoms with Gasteiger partial charge in [0.05, 0.1) is 24.6 Å². The largest absolute Gasteiger partial charge is 0.454 e. The second-order valence-electron chi connectivity index (χ2n) is 5.84. The fourth-order valence-electron chi connectivity index (χ4n) is 2.64. The van der Waals surface area contributed by atoms with Crippen LogP contribution in [0.3, 0.4) is 0 Å². The van der Waals surface area contributed by atoms with Crippen LogP contribution in [0.2, 0.25) is 0 Å². The first-order chi connectivity index (χ1) is 13.6. The summed E-state index contributed by atoms with van der Waals surface area (Å²) in [6.07, 6.45) is 2.15. The van der Waals surface area contributed by atoms with Crippen molar-refractivity contribution in [3.05, 3.63) is 59.1 Å². The van der Waals surface area contributed by atoms with Crippen LogP contribution in [0.1, 0.15) is 0 Å². The van der Waals surface area contributed by atoms with Gasteiger partial charge in [0.2, 0.25) is 6.79 Å². The first-order valence-electron chi connectivity index (χ1n) is 8.17. The van der Waals surface area contributed by atoms with Gasteiger partial charge in [0.15, 0.2) is 17.3 Å². The molecule has 0 amide bonds. The number of aromatic nitrogens is 5. The predicted molar refractivity (Wildman–Crippen MR) is 93.3 cm³/mol. The monoisotopic (exact) mass is 388 g/mol. The van der Waals surface area contributed by atoms with E-state index in [9.17, 15) is 13.6 Å². The van der Waals surface area contributed by atoms with Crippen LogP contribution >= 0.6 is 0 Å². The molecule has 0 bridgehead atoms. The summed E-state index contributed by atoms with van der Waals surface area (Å²) in [5, 5.41) is 3.83. The smallest absolute Gasteiger partial charge is 0.351 e. The number of nitrogens with zero attached hydrogens (tertiary/aromatic N) is 5. The lowest BCUT2D eigenvalue weighted by molar-refractivity contribution is 0.174. The topological polar surface area (TPSA) is 110 Å². The standard InChI is InChI=1S/C17H14F2N6O3/c18-16(19)11(4-20)7-25-17(26)24(8-23-25)15-6-21-12(5-22-15)10-1-2-13-14(3-10)28-9-27-13/h1-3,5-6,8H,4,7,9,20H2. The molecule has 0 aliphatic carbocycles. The molecule has 0 fully saturated rings. The third kappa shape index (κ3) is 3.22. The van der Waals surface area contributed by atoms with E-state index in [-0.39, 0.29) is 24.7 Å². The average Bonchev–Trinajstić information content (AvgIpc) is 3.32. The maximum Gasteiger partial charge on any atom is 0.351 e. The fraction of sp³-hybridized carbons (Fsp3) is 0.176. The van der Waals surface area contributed by atoms with Crippen molar-refractivity contribution >= 4 is 0 Å². The normalized spacial score (nSPS) is 12.2. The Morgan fingerprint density at radius 3 is 2.71 bits per heavy atom. The zero-order valence-corrected chi connectivity index (χ0v) is 14.4. The van der Waals surface area contributed by atoms with Crippen molar-refractivity contribution in [3.63, 3.8) is 0 Å². The summed E-state index contributed by atoms with van der Waals surface area (Å²) in [7, 11) is 0. The molecule has 0 saturated heterocycles. The zero-order chi connectivity index (χ0) is 19.7. The van der Waals surface area contributed by atoms with E-state index in [2.05, 4.69) is 15.1 Å². The van der Waals surface area contributed by atoms with E-state index >= 15 is 0 Å². The fourth-order valence-corrected chi connectivity index (χ4v) is 2.64. The second-order valence-corrected chi connectivity index (χ2v) is 5.84. The Balaban J connectivity index is 1.60. The SMILES string of the molecule is NCC(Cn1ncn(-c2cnc(-c3ccc4c(c3)OCO4)cn2)c1=O)=C(F)F. The van der Waals surface area contributed by atoms with Crippen LogP contribution in [0.25, 0.3) is 17.1 Å². The molecule has 0 saturated carbocycles. The Hall–Kier alpha value is -3.60. The maximum absolute atomic E-state index is 12.7. The van der Waals surface area contributed by atoms with E-state index in [1.165, 1.54) is 18.7 Å². The molecule has 144 valence electrons. The lowest BCUT2D eigenvalue weighted by atomic mass is 10.1. The van der Waals surface area contributed by atoms with Gasteiger partial charge in [0, 0.05) is 17.7 Å². The zero-order valence-electron chi connectivity index (χ0n) is 14.4. The Kier molecular flexibility index (Phi) is 4.57. The third-order valence-corrected chi connectivity index (χ3v) is 4.14. The number of hydrogen-bond donors (Lipinski definition) is 1. The molecule has 1 aliphatic heterocycles. The van der Waals surface area contributed by atoms with Gasteiger partial charge in [-0.1, -0.05) is 0 Å². The number of nitrogens with two attached hydrogens (primary N) is 1. The van der Waals surface area contributed by atoms with E-state index in [0.29, 0.717) is 17.2 Å². The van der Waals surface area contributed by atoms with Crippen LogP contribution in [0, 0.1) is 0 Å². The lowest BCUT2D eigenvalue weighted by Gasteiger charge is -2.04. The summed E-state index contributed by atoms with van der Waals surface area (Å²) in [6.45, 7) is -0.595. The number of benzene rings is 1. The number of fused-ring (bicyclic) bond motifs is 1. The quantitative estimate of drug-likeness (QED) is 0.702. The molecule has 0 atom stereocenters. The molecule has 28 heavy (non-hydrogen) atoms. The molecule has 11 heteroatoms. The Morgan fingerprint density at radius 2 is 2.00 bits per heavy atom. The second kappa shape index (κ2) is 7.19. The summed E-state index contributed by atoms with van der Waals surface area (Å²) in [5.41, 5.74) is 5.61. The van der Waals surface area contributed by atoms with Gasteiger partial charge in [-0.05, 0) is 18.2 Å². The molecule has 9 nitrogen and oxygen atoms in total. The van der Waals surface area contributed by atoms with Gasteiger partial charge >= 0.3 is 5.69 Å². The molecular formula is C17H14F2N6O3. The minimum Gasteiger partial charge on any atom is -0.454 e. The van der Waals surface area contributed by atoms with Crippen molar-refractivity contribution in [2.75, 3.05) is 13.3 Å².